The van der Waals surface area contributed by atoms with Crippen molar-refractivity contribution in [2.75, 3.05) is 32.1 Å². The molecule has 26 heavy (non-hydrogen) atoms. The van der Waals surface area contributed by atoms with Crippen molar-refractivity contribution in [3.63, 3.8) is 0 Å². The molecule has 0 bridgehead atoms. The van der Waals surface area contributed by atoms with Crippen molar-refractivity contribution in [1.82, 2.24) is 15.2 Å². The minimum Gasteiger partial charge on any atom is -0.354 e. The monoisotopic (exact) mass is 390 g/mol. The maximum absolute atomic E-state index is 6.31. The summed E-state index contributed by atoms with van der Waals surface area (Å²) in [5, 5.41) is 5.35. The van der Waals surface area contributed by atoms with Crippen molar-refractivity contribution in [3.05, 3.63) is 45.4 Å². The predicted octanol–water partition coefficient (Wildman–Crippen LogP) is 3.58. The van der Waals surface area contributed by atoms with Gasteiger partial charge in [-0.3, -0.25) is 4.90 Å². The molecule has 1 aromatic carbocycles. The van der Waals surface area contributed by atoms with Gasteiger partial charge in [0.2, 0.25) is 0 Å². The SMILES string of the molecule is CN(C)c1nc(Cl)c(CNC2CCCN(C3Cc4ccccc4C3)C2)s1. The molecule has 0 saturated carbocycles. The summed E-state index contributed by atoms with van der Waals surface area (Å²) in [7, 11) is 4.01. The number of piperidine rings is 1. The van der Waals surface area contributed by atoms with Crippen LogP contribution in [0.1, 0.15) is 28.8 Å². The average molecular weight is 391 g/mol. The minimum absolute atomic E-state index is 0.536. The number of hydrogen-bond donors (Lipinski definition) is 1. The van der Waals surface area contributed by atoms with Gasteiger partial charge in [0.05, 0.1) is 4.88 Å². The van der Waals surface area contributed by atoms with E-state index in [0.717, 1.165) is 23.1 Å². The van der Waals surface area contributed by atoms with Crippen LogP contribution < -0.4 is 10.2 Å². The number of rotatable bonds is 5. The first-order chi connectivity index (χ1) is 12.6. The van der Waals surface area contributed by atoms with E-state index in [1.165, 1.54) is 32.2 Å². The van der Waals surface area contributed by atoms with Gasteiger partial charge in [0.25, 0.3) is 0 Å². The Hall–Kier alpha value is -1.14. The fourth-order valence-corrected chi connectivity index (χ4v) is 5.30. The Morgan fingerprint density at radius 2 is 2.00 bits per heavy atom. The number of halogens is 1. The van der Waals surface area contributed by atoms with Gasteiger partial charge in [-0.05, 0) is 43.4 Å². The molecule has 6 heteroatoms. The van der Waals surface area contributed by atoms with Crippen LogP contribution in [0.15, 0.2) is 24.3 Å². The lowest BCUT2D eigenvalue weighted by molar-refractivity contribution is 0.140. The number of nitrogens with zero attached hydrogens (tertiary/aromatic N) is 3. The normalized spacial score (nSPS) is 21.1. The molecule has 140 valence electrons. The van der Waals surface area contributed by atoms with Gasteiger partial charge >= 0.3 is 0 Å². The van der Waals surface area contributed by atoms with Crippen molar-refractivity contribution in [3.8, 4) is 0 Å². The highest BCUT2D eigenvalue weighted by Crippen LogP contribution is 2.30. The number of likely N-dealkylation sites (tertiary alicyclic amines) is 1. The molecule has 4 rings (SSSR count). The highest BCUT2D eigenvalue weighted by molar-refractivity contribution is 7.16. The summed E-state index contributed by atoms with van der Waals surface area (Å²) in [5.74, 6) is 0. The second kappa shape index (κ2) is 7.85. The maximum atomic E-state index is 6.31. The molecule has 1 aliphatic carbocycles. The van der Waals surface area contributed by atoms with Gasteiger partial charge in [0, 0.05) is 39.3 Å². The largest absolute Gasteiger partial charge is 0.354 e. The summed E-state index contributed by atoms with van der Waals surface area (Å²) in [6, 6.07) is 10.1. The van der Waals surface area contributed by atoms with E-state index in [4.69, 9.17) is 11.6 Å². The maximum Gasteiger partial charge on any atom is 0.186 e. The molecule has 4 nitrogen and oxygen atoms in total. The van der Waals surface area contributed by atoms with Crippen molar-refractivity contribution in [1.29, 1.82) is 0 Å². The highest BCUT2D eigenvalue weighted by atomic mass is 35.5. The molecule has 0 radical (unpaired) electrons. The zero-order chi connectivity index (χ0) is 18.1. The third-order valence-electron chi connectivity index (χ3n) is 5.57. The first-order valence-electron chi connectivity index (χ1n) is 9.47. The lowest BCUT2D eigenvalue weighted by Crippen LogP contribution is -2.49. The molecular weight excluding hydrogens is 364 g/mol. The van der Waals surface area contributed by atoms with Crippen LogP contribution in [0.4, 0.5) is 5.13 Å². The van der Waals surface area contributed by atoms with Crippen LogP contribution >= 0.6 is 22.9 Å². The van der Waals surface area contributed by atoms with Crippen LogP contribution in [0, 0.1) is 0 Å². The zero-order valence-corrected chi connectivity index (χ0v) is 17.1. The first kappa shape index (κ1) is 18.2. The molecule has 1 aliphatic heterocycles. The summed E-state index contributed by atoms with van der Waals surface area (Å²) >= 11 is 7.99. The Morgan fingerprint density at radius 3 is 2.65 bits per heavy atom. The van der Waals surface area contributed by atoms with Gasteiger partial charge < -0.3 is 10.2 Å². The van der Waals surface area contributed by atoms with Gasteiger partial charge in [-0.25, -0.2) is 4.98 Å². The van der Waals surface area contributed by atoms with E-state index >= 15 is 0 Å². The molecule has 0 amide bonds. The molecule has 1 fully saturated rings. The van der Waals surface area contributed by atoms with Crippen LogP contribution in [0.25, 0.3) is 0 Å². The Bertz CT molecular complexity index is 735. The Balaban J connectivity index is 1.33. The van der Waals surface area contributed by atoms with E-state index in [1.54, 1.807) is 22.5 Å². The molecule has 1 unspecified atom stereocenters. The van der Waals surface area contributed by atoms with E-state index in [2.05, 4.69) is 39.5 Å². The van der Waals surface area contributed by atoms with E-state index in [1.807, 2.05) is 19.0 Å². The second-order valence-electron chi connectivity index (χ2n) is 7.65. The first-order valence-corrected chi connectivity index (χ1v) is 10.7. The molecule has 2 aliphatic rings. The summed E-state index contributed by atoms with van der Waals surface area (Å²) in [6.07, 6.45) is 4.92. The van der Waals surface area contributed by atoms with Crippen LogP contribution in [0.3, 0.4) is 0 Å². The van der Waals surface area contributed by atoms with Crippen LogP contribution in [0.2, 0.25) is 5.15 Å². The smallest absolute Gasteiger partial charge is 0.186 e. The van der Waals surface area contributed by atoms with E-state index in [0.29, 0.717) is 17.2 Å². The molecule has 1 N–H and O–H groups in total. The Labute approximate surface area is 165 Å². The van der Waals surface area contributed by atoms with Gasteiger partial charge in [-0.2, -0.15) is 0 Å². The molecule has 1 aromatic heterocycles. The second-order valence-corrected chi connectivity index (χ2v) is 9.07. The molecule has 2 heterocycles. The van der Waals surface area contributed by atoms with Crippen LogP contribution in [0.5, 0.6) is 0 Å². The molecule has 2 aromatic rings. The molecule has 1 saturated heterocycles. The summed E-state index contributed by atoms with van der Waals surface area (Å²) in [5.41, 5.74) is 3.08. The fraction of sp³-hybridized carbons (Fsp3) is 0.550. The third-order valence-corrected chi connectivity index (χ3v) is 7.22. The Kier molecular flexibility index (Phi) is 5.50. The summed E-state index contributed by atoms with van der Waals surface area (Å²) in [4.78, 5) is 10.3. The number of nitrogens with one attached hydrogen (secondary N) is 1. The summed E-state index contributed by atoms with van der Waals surface area (Å²) in [6.45, 7) is 3.17. The fourth-order valence-electron chi connectivity index (χ4n) is 4.16. The lowest BCUT2D eigenvalue weighted by atomic mass is 10.0. The van der Waals surface area contributed by atoms with Gasteiger partial charge in [-0.1, -0.05) is 47.2 Å². The molecule has 1 atom stereocenters. The van der Waals surface area contributed by atoms with Crippen molar-refractivity contribution >= 4 is 28.1 Å². The average Bonchev–Trinajstić information content (AvgIpc) is 3.24. The van der Waals surface area contributed by atoms with Crippen LogP contribution in [-0.2, 0) is 19.4 Å². The van der Waals surface area contributed by atoms with Gasteiger partial charge in [0.1, 0.15) is 5.15 Å². The van der Waals surface area contributed by atoms with Crippen LogP contribution in [-0.4, -0.2) is 49.2 Å². The summed E-state index contributed by atoms with van der Waals surface area (Å²) < 4.78 is 0. The zero-order valence-electron chi connectivity index (χ0n) is 15.5. The number of thiazole rings is 1. The number of fused-ring (bicyclic) bond motifs is 1. The van der Waals surface area contributed by atoms with E-state index in [9.17, 15) is 0 Å². The van der Waals surface area contributed by atoms with Gasteiger partial charge in [-0.15, -0.1) is 0 Å². The van der Waals surface area contributed by atoms with Crippen molar-refractivity contribution in [2.45, 2.75) is 44.3 Å². The molecular formula is C20H27ClN4S. The quantitative estimate of drug-likeness (QED) is 0.845. The standard InChI is InChI=1S/C20H27ClN4S/c1-24(2)20-23-19(21)18(26-20)12-22-16-8-5-9-25(13-16)17-10-14-6-3-4-7-15(14)11-17/h3-4,6-7,16-17,22H,5,8-13H2,1-2H3. The van der Waals surface area contributed by atoms with E-state index in [-0.39, 0.29) is 0 Å². The Morgan fingerprint density at radius 1 is 1.27 bits per heavy atom. The molecule has 0 spiro atoms. The number of aromatic nitrogens is 1. The van der Waals surface area contributed by atoms with Gasteiger partial charge in [0.15, 0.2) is 5.13 Å². The predicted molar refractivity (Wildman–Crippen MR) is 111 cm³/mol. The third kappa shape index (κ3) is 3.91. The van der Waals surface area contributed by atoms with E-state index < -0.39 is 0 Å². The topological polar surface area (TPSA) is 31.4 Å². The number of anilines is 1. The van der Waals surface area contributed by atoms with Crippen molar-refractivity contribution in [2.24, 2.45) is 0 Å². The number of hydrogen-bond acceptors (Lipinski definition) is 5. The minimum atomic E-state index is 0.536. The number of benzene rings is 1. The highest BCUT2D eigenvalue weighted by Gasteiger charge is 2.30. The van der Waals surface area contributed by atoms with Crippen molar-refractivity contribution < 1.29 is 0 Å². The lowest BCUT2D eigenvalue weighted by Gasteiger charge is -2.37.